The van der Waals surface area contributed by atoms with E-state index in [0.29, 0.717) is 11.9 Å². The zero-order valence-electron chi connectivity index (χ0n) is 12.3. The van der Waals surface area contributed by atoms with Gasteiger partial charge in [-0.25, -0.2) is 14.6 Å². The highest BCUT2D eigenvalue weighted by Gasteiger charge is 2.26. The van der Waals surface area contributed by atoms with Crippen molar-refractivity contribution in [3.63, 3.8) is 0 Å². The van der Waals surface area contributed by atoms with Gasteiger partial charge in [0.05, 0.1) is 10.2 Å². The molecule has 0 radical (unpaired) electrons. The van der Waals surface area contributed by atoms with Gasteiger partial charge in [0.2, 0.25) is 5.95 Å². The van der Waals surface area contributed by atoms with Crippen molar-refractivity contribution >= 4 is 33.3 Å². The van der Waals surface area contributed by atoms with Gasteiger partial charge in [0.25, 0.3) is 0 Å². The SMILES string of the molecule is Cn1nc(C2CCN(c3ncnc4ccsc34)CC2)nc1N. The molecule has 8 heteroatoms. The maximum absolute atomic E-state index is 5.78. The average molecular weight is 315 g/mol. The molecule has 0 unspecified atom stereocenters. The monoisotopic (exact) mass is 315 g/mol. The van der Waals surface area contributed by atoms with Crippen LogP contribution in [0.3, 0.4) is 0 Å². The van der Waals surface area contributed by atoms with Crippen LogP contribution < -0.4 is 10.6 Å². The Morgan fingerprint density at radius 3 is 2.82 bits per heavy atom. The highest BCUT2D eigenvalue weighted by atomic mass is 32.1. The molecule has 7 nitrogen and oxygen atoms in total. The van der Waals surface area contributed by atoms with Crippen LogP contribution in [0.25, 0.3) is 10.2 Å². The number of rotatable bonds is 2. The number of fused-ring (bicyclic) bond motifs is 1. The van der Waals surface area contributed by atoms with Gasteiger partial charge in [-0.15, -0.1) is 11.3 Å². The van der Waals surface area contributed by atoms with Gasteiger partial charge in [0.15, 0.2) is 5.82 Å². The molecule has 1 fully saturated rings. The lowest BCUT2D eigenvalue weighted by atomic mass is 9.96. The number of nitrogens with two attached hydrogens (primary N) is 1. The van der Waals surface area contributed by atoms with Crippen LogP contribution in [0.15, 0.2) is 17.8 Å². The number of aromatic nitrogens is 5. The molecule has 3 aromatic rings. The van der Waals surface area contributed by atoms with Crippen molar-refractivity contribution in [2.24, 2.45) is 7.05 Å². The van der Waals surface area contributed by atoms with E-state index in [1.165, 1.54) is 4.70 Å². The largest absolute Gasteiger partial charge is 0.368 e. The lowest BCUT2D eigenvalue weighted by Crippen LogP contribution is -2.33. The molecule has 4 rings (SSSR count). The van der Waals surface area contributed by atoms with Gasteiger partial charge in [0, 0.05) is 26.1 Å². The van der Waals surface area contributed by atoms with Crippen molar-refractivity contribution in [2.75, 3.05) is 23.7 Å². The zero-order chi connectivity index (χ0) is 15.1. The maximum atomic E-state index is 5.78. The second kappa shape index (κ2) is 5.20. The van der Waals surface area contributed by atoms with E-state index in [0.717, 1.165) is 43.1 Å². The smallest absolute Gasteiger partial charge is 0.218 e. The molecule has 0 aromatic carbocycles. The predicted molar refractivity (Wildman–Crippen MR) is 87.0 cm³/mol. The summed E-state index contributed by atoms with van der Waals surface area (Å²) in [7, 11) is 1.83. The standard InChI is InChI=1S/C14H17N7S/c1-20-14(15)18-12(19-20)9-2-5-21(6-3-9)13-11-10(4-7-22-11)16-8-17-13/h4,7-9H,2-3,5-6H2,1H3,(H2,15,18,19). The number of piperidine rings is 1. The fourth-order valence-electron chi connectivity index (χ4n) is 2.94. The topological polar surface area (TPSA) is 85.8 Å². The Balaban J connectivity index is 1.53. The van der Waals surface area contributed by atoms with E-state index in [1.54, 1.807) is 22.3 Å². The van der Waals surface area contributed by atoms with Crippen molar-refractivity contribution in [1.82, 2.24) is 24.7 Å². The van der Waals surface area contributed by atoms with Crippen LogP contribution in [0.1, 0.15) is 24.6 Å². The van der Waals surface area contributed by atoms with E-state index in [1.807, 2.05) is 13.1 Å². The van der Waals surface area contributed by atoms with E-state index < -0.39 is 0 Å². The van der Waals surface area contributed by atoms with Gasteiger partial charge in [0.1, 0.15) is 12.1 Å². The van der Waals surface area contributed by atoms with E-state index >= 15 is 0 Å². The number of nitrogens with zero attached hydrogens (tertiary/aromatic N) is 6. The fourth-order valence-corrected chi connectivity index (χ4v) is 3.80. The minimum Gasteiger partial charge on any atom is -0.368 e. The number of hydrogen-bond acceptors (Lipinski definition) is 7. The molecule has 0 spiro atoms. The summed E-state index contributed by atoms with van der Waals surface area (Å²) in [5, 5.41) is 6.48. The van der Waals surface area contributed by atoms with Gasteiger partial charge >= 0.3 is 0 Å². The minimum atomic E-state index is 0.375. The third-order valence-electron chi connectivity index (χ3n) is 4.20. The van der Waals surface area contributed by atoms with Gasteiger partial charge in [-0.1, -0.05) is 0 Å². The number of anilines is 2. The van der Waals surface area contributed by atoms with E-state index in [-0.39, 0.29) is 0 Å². The first-order chi connectivity index (χ1) is 10.7. The average Bonchev–Trinajstić information content (AvgIpc) is 3.14. The summed E-state index contributed by atoms with van der Waals surface area (Å²) >= 11 is 1.70. The minimum absolute atomic E-state index is 0.375. The Morgan fingerprint density at radius 1 is 1.27 bits per heavy atom. The van der Waals surface area contributed by atoms with Crippen LogP contribution in [-0.4, -0.2) is 37.8 Å². The molecule has 0 aliphatic carbocycles. The molecule has 1 aliphatic heterocycles. The van der Waals surface area contributed by atoms with Crippen molar-refractivity contribution in [1.29, 1.82) is 0 Å². The molecule has 22 heavy (non-hydrogen) atoms. The molecule has 2 N–H and O–H groups in total. The normalized spacial score (nSPS) is 16.5. The van der Waals surface area contributed by atoms with Gasteiger partial charge in [-0.2, -0.15) is 10.1 Å². The van der Waals surface area contributed by atoms with Crippen molar-refractivity contribution in [3.8, 4) is 0 Å². The predicted octanol–water partition coefficient (Wildman–Crippen LogP) is 1.79. The quantitative estimate of drug-likeness (QED) is 0.776. The van der Waals surface area contributed by atoms with Gasteiger partial charge < -0.3 is 10.6 Å². The first-order valence-electron chi connectivity index (χ1n) is 7.32. The van der Waals surface area contributed by atoms with Crippen LogP contribution in [0.2, 0.25) is 0 Å². The van der Waals surface area contributed by atoms with Crippen LogP contribution >= 0.6 is 11.3 Å². The van der Waals surface area contributed by atoms with Crippen LogP contribution in [0.5, 0.6) is 0 Å². The molecule has 1 saturated heterocycles. The molecule has 0 bridgehead atoms. The highest BCUT2D eigenvalue weighted by molar-refractivity contribution is 7.17. The third kappa shape index (κ3) is 2.19. The molecular weight excluding hydrogens is 298 g/mol. The first kappa shape index (κ1) is 13.4. The Labute approximate surface area is 131 Å². The molecule has 0 amide bonds. The Morgan fingerprint density at radius 2 is 2.09 bits per heavy atom. The Hall–Kier alpha value is -2.22. The molecule has 3 aromatic heterocycles. The molecule has 0 atom stereocenters. The Bertz CT molecular complexity index is 781. The van der Waals surface area contributed by atoms with Crippen molar-refractivity contribution in [2.45, 2.75) is 18.8 Å². The zero-order valence-corrected chi connectivity index (χ0v) is 13.1. The molecular formula is C14H17N7S. The second-order valence-electron chi connectivity index (χ2n) is 5.55. The number of hydrogen-bond donors (Lipinski definition) is 1. The van der Waals surface area contributed by atoms with Gasteiger partial charge in [-0.05, 0) is 24.3 Å². The third-order valence-corrected chi connectivity index (χ3v) is 5.10. The second-order valence-corrected chi connectivity index (χ2v) is 6.46. The van der Waals surface area contributed by atoms with Crippen LogP contribution in [0, 0.1) is 0 Å². The van der Waals surface area contributed by atoms with E-state index in [9.17, 15) is 0 Å². The van der Waals surface area contributed by atoms with Crippen LogP contribution in [0.4, 0.5) is 11.8 Å². The number of aryl methyl sites for hydroxylation is 1. The molecule has 0 saturated carbocycles. The van der Waals surface area contributed by atoms with E-state index in [4.69, 9.17) is 5.73 Å². The summed E-state index contributed by atoms with van der Waals surface area (Å²) < 4.78 is 2.81. The molecule has 1 aliphatic rings. The lowest BCUT2D eigenvalue weighted by Gasteiger charge is -2.31. The van der Waals surface area contributed by atoms with Crippen molar-refractivity contribution < 1.29 is 0 Å². The fraction of sp³-hybridized carbons (Fsp3) is 0.429. The summed E-state index contributed by atoms with van der Waals surface area (Å²) in [4.78, 5) is 15.5. The number of thiophene rings is 1. The summed E-state index contributed by atoms with van der Waals surface area (Å²) in [6, 6.07) is 2.04. The molecule has 114 valence electrons. The molecule has 4 heterocycles. The Kier molecular flexibility index (Phi) is 3.18. The highest BCUT2D eigenvalue weighted by Crippen LogP contribution is 2.33. The summed E-state index contributed by atoms with van der Waals surface area (Å²) in [6.45, 7) is 1.90. The summed E-state index contributed by atoms with van der Waals surface area (Å²) in [5.74, 6) is 2.77. The van der Waals surface area contributed by atoms with Gasteiger partial charge in [-0.3, -0.25) is 0 Å². The van der Waals surface area contributed by atoms with Crippen molar-refractivity contribution in [3.05, 3.63) is 23.6 Å². The summed E-state index contributed by atoms with van der Waals surface area (Å²) in [6.07, 6.45) is 3.68. The maximum Gasteiger partial charge on any atom is 0.218 e. The van der Waals surface area contributed by atoms with E-state index in [2.05, 4.69) is 30.3 Å². The van der Waals surface area contributed by atoms with Crippen LogP contribution in [-0.2, 0) is 7.05 Å². The number of nitrogen functional groups attached to an aromatic ring is 1. The lowest BCUT2D eigenvalue weighted by molar-refractivity contribution is 0.482. The summed E-state index contributed by atoms with van der Waals surface area (Å²) in [5.41, 5.74) is 6.80. The first-order valence-corrected chi connectivity index (χ1v) is 8.20.